The summed E-state index contributed by atoms with van der Waals surface area (Å²) in [5, 5.41) is 1.20. The first-order valence-electron chi connectivity index (χ1n) is 15.5. The molecule has 2 aliphatic rings. The molecule has 1 fully saturated rings. The molecule has 1 aliphatic carbocycles. The minimum atomic E-state index is -1.90. The van der Waals surface area contributed by atoms with Gasteiger partial charge in [-0.2, -0.15) is 0 Å². The summed E-state index contributed by atoms with van der Waals surface area (Å²) in [5.74, 6) is 8.91. The lowest BCUT2D eigenvalue weighted by atomic mass is 9.65. The molecule has 1 heterocycles. The van der Waals surface area contributed by atoms with Gasteiger partial charge in [-0.15, -0.1) is 0 Å². The number of benzene rings is 1. The van der Waals surface area contributed by atoms with E-state index in [-0.39, 0.29) is 22.3 Å². The first-order valence-corrected chi connectivity index (χ1v) is 19.5. The highest BCUT2D eigenvalue weighted by Gasteiger charge is 2.50. The molecule has 1 saturated carbocycles. The van der Waals surface area contributed by atoms with Gasteiger partial charge in [0.1, 0.15) is 23.9 Å². The highest BCUT2D eigenvalue weighted by molar-refractivity contribution is 9.09. The maximum Gasteiger partial charge on any atom is 0.193 e. The number of unbranched alkanes of at least 4 members (excludes halogenated alkanes) is 3. The number of ether oxygens (including phenoxy) is 2. The van der Waals surface area contributed by atoms with Crippen LogP contribution >= 0.6 is 15.9 Å². The van der Waals surface area contributed by atoms with Crippen LogP contribution in [0.3, 0.4) is 0 Å². The molecule has 0 aromatic heterocycles. The summed E-state index contributed by atoms with van der Waals surface area (Å²) in [7, 11) is -1.90. The van der Waals surface area contributed by atoms with Crippen molar-refractivity contribution in [3.8, 4) is 23.3 Å². The van der Waals surface area contributed by atoms with Gasteiger partial charge in [-0.25, -0.2) is 0 Å². The molecule has 0 N–H and O–H groups in total. The van der Waals surface area contributed by atoms with Gasteiger partial charge in [-0.3, -0.25) is 4.79 Å². The smallest absolute Gasteiger partial charge is 0.193 e. The Morgan fingerprint density at radius 3 is 2.54 bits per heavy atom. The van der Waals surface area contributed by atoms with E-state index >= 15 is 0 Å². The van der Waals surface area contributed by atoms with Gasteiger partial charge in [0.15, 0.2) is 13.9 Å². The van der Waals surface area contributed by atoms with Crippen molar-refractivity contribution < 1.29 is 18.7 Å². The lowest BCUT2D eigenvalue weighted by molar-refractivity contribution is -0.123. The van der Waals surface area contributed by atoms with E-state index in [2.05, 4.69) is 101 Å². The summed E-state index contributed by atoms with van der Waals surface area (Å²) in [6.45, 7) is 22.6. The standard InChI is InChI=1S/C35H53BrO4Si/c1-10-21-38-30-23-26(34(5,6)18-13-11-12-14-20-36)24-31-32(30)28-25-27(37)16-17-29(28)35(7,40-31)19-15-22-39-41(8,9)33(2,3)4/h10,23-24,28-29H,1,11-14,16-18,20-22,25H2,2-9H3/t28-,29-,35+/m1/s1. The molecule has 4 nitrogen and oxygen atoms in total. The fourth-order valence-corrected chi connectivity index (χ4v) is 7.17. The number of ketones is 1. The molecule has 41 heavy (non-hydrogen) atoms. The largest absolute Gasteiger partial charge is 0.489 e. The van der Waals surface area contributed by atoms with Crippen molar-refractivity contribution in [2.45, 2.75) is 128 Å². The van der Waals surface area contributed by atoms with Gasteiger partial charge in [0, 0.05) is 35.6 Å². The zero-order chi connectivity index (χ0) is 30.5. The fourth-order valence-electron chi connectivity index (χ4n) is 5.91. The molecular formula is C35H53BrO4Si. The number of hydrogen-bond acceptors (Lipinski definition) is 4. The zero-order valence-corrected chi connectivity index (χ0v) is 29.5. The van der Waals surface area contributed by atoms with E-state index in [1.54, 1.807) is 6.08 Å². The Balaban J connectivity index is 1.99. The van der Waals surface area contributed by atoms with Crippen LogP contribution in [0.2, 0.25) is 18.1 Å². The highest BCUT2D eigenvalue weighted by Crippen LogP contribution is 2.55. The van der Waals surface area contributed by atoms with Gasteiger partial charge in [-0.1, -0.05) is 94.3 Å². The Kier molecular flexibility index (Phi) is 11.4. The van der Waals surface area contributed by atoms with Crippen LogP contribution in [0.1, 0.15) is 110 Å². The third-order valence-corrected chi connectivity index (χ3v) is 14.7. The van der Waals surface area contributed by atoms with Gasteiger partial charge in [0.05, 0.1) is 6.61 Å². The topological polar surface area (TPSA) is 44.8 Å². The molecule has 1 aromatic rings. The number of halogens is 1. The number of Topliss-reactive ketones (excluding diaryl/α,β-unsaturated/α-hetero) is 1. The minimum Gasteiger partial charge on any atom is -0.489 e. The molecule has 1 aromatic carbocycles. The molecule has 0 spiro atoms. The minimum absolute atomic E-state index is 0.0156. The Morgan fingerprint density at radius 1 is 1.17 bits per heavy atom. The molecule has 228 valence electrons. The summed E-state index contributed by atoms with van der Waals surface area (Å²) in [6.07, 6.45) is 9.56. The van der Waals surface area contributed by atoms with Gasteiger partial charge in [0.2, 0.25) is 0 Å². The molecule has 0 saturated heterocycles. The molecule has 0 radical (unpaired) electrons. The Hall–Kier alpha value is -1.55. The average molecular weight is 646 g/mol. The van der Waals surface area contributed by atoms with Crippen LogP contribution in [0.25, 0.3) is 0 Å². The molecule has 1 aliphatic heterocycles. The third-order valence-electron chi connectivity index (χ3n) is 9.64. The number of rotatable bonds is 12. The number of hydrogen-bond donors (Lipinski definition) is 0. The van der Waals surface area contributed by atoms with E-state index in [0.29, 0.717) is 31.8 Å². The second kappa shape index (κ2) is 13.8. The number of alkyl halides is 1. The summed E-state index contributed by atoms with van der Waals surface area (Å²) in [5.41, 5.74) is 1.48. The Morgan fingerprint density at radius 2 is 1.88 bits per heavy atom. The Bertz CT molecular complexity index is 1140. The Labute approximate surface area is 259 Å². The van der Waals surface area contributed by atoms with Crippen molar-refractivity contribution in [2.24, 2.45) is 5.92 Å². The van der Waals surface area contributed by atoms with E-state index in [1.807, 2.05) is 0 Å². The lowest BCUT2D eigenvalue weighted by Crippen LogP contribution is -2.48. The number of carbonyl (C=O) groups excluding carboxylic acids is 1. The van der Waals surface area contributed by atoms with Gasteiger partial charge < -0.3 is 13.9 Å². The van der Waals surface area contributed by atoms with Crippen LogP contribution in [-0.4, -0.2) is 38.2 Å². The van der Waals surface area contributed by atoms with Crippen LogP contribution in [-0.2, 0) is 14.6 Å². The molecule has 3 atom stereocenters. The quantitative estimate of drug-likeness (QED) is 0.0747. The summed E-state index contributed by atoms with van der Waals surface area (Å²) >= 11 is 3.54. The summed E-state index contributed by atoms with van der Waals surface area (Å²) in [6, 6.07) is 4.40. The second-order valence-electron chi connectivity index (χ2n) is 14.3. The SMILES string of the molecule is C=CCOc1cc(C(C)(C)CCCCCCBr)cc2c1[C@@H]1CC(=O)CC[C@H]1[C@](C)(C#CCO[Si](C)(C)C(C)(C)C)O2. The second-order valence-corrected chi connectivity index (χ2v) is 19.9. The van der Waals surface area contributed by atoms with Crippen molar-refractivity contribution in [3.63, 3.8) is 0 Å². The van der Waals surface area contributed by atoms with Crippen molar-refractivity contribution in [1.29, 1.82) is 0 Å². The molecule has 3 rings (SSSR count). The monoisotopic (exact) mass is 644 g/mol. The number of fused-ring (bicyclic) bond motifs is 3. The molecule has 0 amide bonds. The van der Waals surface area contributed by atoms with Crippen molar-refractivity contribution in [3.05, 3.63) is 35.9 Å². The third kappa shape index (κ3) is 8.30. The lowest BCUT2D eigenvalue weighted by Gasteiger charge is -2.47. The van der Waals surface area contributed by atoms with Crippen LogP contribution in [0.4, 0.5) is 0 Å². The zero-order valence-electron chi connectivity index (χ0n) is 26.9. The highest BCUT2D eigenvalue weighted by atomic mass is 79.9. The van der Waals surface area contributed by atoms with Crippen LogP contribution < -0.4 is 9.47 Å². The average Bonchev–Trinajstić information content (AvgIpc) is 2.88. The van der Waals surface area contributed by atoms with E-state index < -0.39 is 13.9 Å². The first-order chi connectivity index (χ1) is 19.1. The molecular weight excluding hydrogens is 592 g/mol. The predicted octanol–water partition coefficient (Wildman–Crippen LogP) is 9.50. The maximum absolute atomic E-state index is 12.8. The summed E-state index contributed by atoms with van der Waals surface area (Å²) in [4.78, 5) is 12.8. The van der Waals surface area contributed by atoms with E-state index in [4.69, 9.17) is 13.9 Å². The molecule has 6 heteroatoms. The van der Waals surface area contributed by atoms with Crippen LogP contribution in [0, 0.1) is 17.8 Å². The van der Waals surface area contributed by atoms with Gasteiger partial charge in [0.25, 0.3) is 0 Å². The van der Waals surface area contributed by atoms with Crippen molar-refractivity contribution in [2.75, 3.05) is 18.5 Å². The molecule has 0 bridgehead atoms. The van der Waals surface area contributed by atoms with E-state index in [1.165, 1.54) is 31.2 Å². The van der Waals surface area contributed by atoms with Crippen LogP contribution in [0.5, 0.6) is 11.5 Å². The normalized spacial score (nSPS) is 22.6. The molecule has 0 unspecified atom stereocenters. The van der Waals surface area contributed by atoms with Crippen molar-refractivity contribution in [1.82, 2.24) is 0 Å². The first kappa shape index (κ1) is 33.9. The van der Waals surface area contributed by atoms with E-state index in [0.717, 1.165) is 35.2 Å². The fraction of sp³-hybridized carbons (Fsp3) is 0.686. The van der Waals surface area contributed by atoms with Crippen LogP contribution in [0.15, 0.2) is 24.8 Å². The van der Waals surface area contributed by atoms with Gasteiger partial charge in [-0.05, 0) is 67.4 Å². The number of carbonyl (C=O) groups is 1. The van der Waals surface area contributed by atoms with Crippen molar-refractivity contribution >= 4 is 30.0 Å². The predicted molar refractivity (Wildman–Crippen MR) is 177 cm³/mol. The maximum atomic E-state index is 12.8. The van der Waals surface area contributed by atoms with Gasteiger partial charge >= 0.3 is 0 Å². The van der Waals surface area contributed by atoms with E-state index in [9.17, 15) is 4.79 Å². The summed E-state index contributed by atoms with van der Waals surface area (Å²) < 4.78 is 19.6.